The molecule has 0 N–H and O–H groups in total. The van der Waals surface area contributed by atoms with Crippen LogP contribution < -0.4 is 0 Å². The summed E-state index contributed by atoms with van der Waals surface area (Å²) in [5.74, 6) is -0.794. The van der Waals surface area contributed by atoms with E-state index in [0.29, 0.717) is 13.2 Å². The molecule has 1 aliphatic heterocycles. The largest absolute Gasteiger partial charge is 0.416 e. The lowest BCUT2D eigenvalue weighted by atomic mass is 9.81. The molecule has 2 rings (SSSR count). The molecule has 0 bridgehead atoms. The second-order valence-corrected chi connectivity index (χ2v) is 10.7. The van der Waals surface area contributed by atoms with Gasteiger partial charge in [0.05, 0.1) is 13.2 Å². The third kappa shape index (κ3) is 3.15. The predicted molar refractivity (Wildman–Crippen MR) is 66.3 cm³/mol. The highest BCUT2D eigenvalue weighted by Gasteiger charge is 2.61. The van der Waals surface area contributed by atoms with Crippen molar-refractivity contribution < 1.29 is 27.1 Å². The monoisotopic (exact) mass is 298 g/mol. The van der Waals surface area contributed by atoms with Crippen LogP contribution in [0.1, 0.15) is 25.7 Å². The van der Waals surface area contributed by atoms with Gasteiger partial charge in [-0.25, -0.2) is 0 Å². The molecule has 2 fully saturated rings. The third-order valence-electron chi connectivity index (χ3n) is 3.65. The molecule has 0 aromatic rings. The van der Waals surface area contributed by atoms with Gasteiger partial charge in [0.15, 0.2) is 19.7 Å². The first-order valence-corrected chi connectivity index (χ1v) is 10.0. The molecule has 0 atom stereocenters. The number of hydrogen-bond acceptors (Lipinski definition) is 3. The van der Waals surface area contributed by atoms with Crippen molar-refractivity contribution in [2.45, 2.75) is 62.9 Å². The lowest BCUT2D eigenvalue weighted by Gasteiger charge is -2.46. The standard InChI is InChI=1S/C12H21F3O3Si/c1-19(2,3)18-10(12(13,14)15)4-6-11(7-5-10)16-8-9-17-11/h4-9H2,1-3H3. The molecule has 1 saturated carbocycles. The molecule has 3 nitrogen and oxygen atoms in total. The van der Waals surface area contributed by atoms with E-state index in [2.05, 4.69) is 0 Å². The highest BCUT2D eigenvalue weighted by Crippen LogP contribution is 2.50. The summed E-state index contributed by atoms with van der Waals surface area (Å²) < 4.78 is 56.8. The molecule has 0 amide bonds. The molecule has 0 aromatic carbocycles. The molecule has 19 heavy (non-hydrogen) atoms. The number of alkyl halides is 3. The van der Waals surface area contributed by atoms with Crippen LogP contribution in [-0.4, -0.2) is 39.1 Å². The van der Waals surface area contributed by atoms with Gasteiger partial charge in [0.2, 0.25) is 0 Å². The summed E-state index contributed by atoms with van der Waals surface area (Å²) in [5, 5.41) is 0. The number of halogens is 3. The Morgan fingerprint density at radius 2 is 1.42 bits per heavy atom. The molecule has 0 aromatic heterocycles. The Kier molecular flexibility index (Phi) is 3.79. The molecule has 7 heteroatoms. The van der Waals surface area contributed by atoms with Crippen molar-refractivity contribution >= 4 is 8.32 Å². The van der Waals surface area contributed by atoms with E-state index in [-0.39, 0.29) is 25.7 Å². The Hall–Kier alpha value is -0.113. The zero-order valence-electron chi connectivity index (χ0n) is 11.6. The predicted octanol–water partition coefficient (Wildman–Crippen LogP) is 3.46. The Balaban J connectivity index is 2.14. The normalized spacial score (nSPS) is 26.8. The summed E-state index contributed by atoms with van der Waals surface area (Å²) >= 11 is 0. The van der Waals surface area contributed by atoms with Crippen LogP contribution in [0.4, 0.5) is 13.2 Å². The average molecular weight is 298 g/mol. The summed E-state index contributed by atoms with van der Waals surface area (Å²) in [4.78, 5) is 0. The summed E-state index contributed by atoms with van der Waals surface area (Å²) in [7, 11) is -2.28. The second kappa shape index (κ2) is 4.72. The van der Waals surface area contributed by atoms with Gasteiger partial charge < -0.3 is 13.9 Å². The van der Waals surface area contributed by atoms with Gasteiger partial charge in [0.25, 0.3) is 0 Å². The first kappa shape index (κ1) is 15.3. The van der Waals surface area contributed by atoms with Gasteiger partial charge in [0, 0.05) is 12.8 Å². The molecule has 112 valence electrons. The van der Waals surface area contributed by atoms with Crippen LogP contribution in [0.25, 0.3) is 0 Å². The summed E-state index contributed by atoms with van der Waals surface area (Å²) in [6.07, 6.45) is -4.01. The summed E-state index contributed by atoms with van der Waals surface area (Å²) in [5.41, 5.74) is -2.02. The van der Waals surface area contributed by atoms with Crippen molar-refractivity contribution in [1.82, 2.24) is 0 Å². The van der Waals surface area contributed by atoms with Gasteiger partial charge in [-0.3, -0.25) is 0 Å². The van der Waals surface area contributed by atoms with Gasteiger partial charge in [0.1, 0.15) is 0 Å². The van der Waals surface area contributed by atoms with Crippen LogP contribution in [0, 0.1) is 0 Å². The lowest BCUT2D eigenvalue weighted by molar-refractivity contribution is -0.288. The SMILES string of the molecule is C[Si](C)(C)OC1(C(F)(F)F)CCC2(CC1)OCCO2. The van der Waals surface area contributed by atoms with Crippen LogP contribution in [-0.2, 0) is 13.9 Å². The van der Waals surface area contributed by atoms with Crippen molar-refractivity contribution in [2.75, 3.05) is 13.2 Å². The summed E-state index contributed by atoms with van der Waals surface area (Å²) in [6.45, 7) is 6.29. The van der Waals surface area contributed by atoms with E-state index in [4.69, 9.17) is 13.9 Å². The smallest absolute Gasteiger partial charge is 0.404 e. The van der Waals surface area contributed by atoms with E-state index >= 15 is 0 Å². The third-order valence-corrected chi connectivity index (χ3v) is 4.65. The molecule has 1 saturated heterocycles. The first-order chi connectivity index (χ1) is 8.58. The Labute approximate surface area is 112 Å². The second-order valence-electron chi connectivity index (χ2n) is 6.31. The molecule has 0 radical (unpaired) electrons. The van der Waals surface area contributed by atoms with Crippen LogP contribution in [0.15, 0.2) is 0 Å². The van der Waals surface area contributed by atoms with Crippen molar-refractivity contribution in [3.05, 3.63) is 0 Å². The van der Waals surface area contributed by atoms with Crippen LogP contribution in [0.5, 0.6) is 0 Å². The Morgan fingerprint density at radius 1 is 0.947 bits per heavy atom. The van der Waals surface area contributed by atoms with Gasteiger partial charge in [-0.2, -0.15) is 13.2 Å². The molecular weight excluding hydrogens is 277 g/mol. The zero-order valence-corrected chi connectivity index (χ0v) is 12.6. The van der Waals surface area contributed by atoms with E-state index in [1.165, 1.54) is 0 Å². The quantitative estimate of drug-likeness (QED) is 0.731. The number of ether oxygens (including phenoxy) is 2. The number of hydrogen-bond donors (Lipinski definition) is 0. The van der Waals surface area contributed by atoms with E-state index in [1.807, 2.05) is 0 Å². The number of rotatable bonds is 2. The van der Waals surface area contributed by atoms with E-state index in [9.17, 15) is 13.2 Å². The van der Waals surface area contributed by atoms with Crippen molar-refractivity contribution in [2.24, 2.45) is 0 Å². The van der Waals surface area contributed by atoms with E-state index < -0.39 is 25.9 Å². The Morgan fingerprint density at radius 3 is 1.79 bits per heavy atom. The van der Waals surface area contributed by atoms with E-state index in [0.717, 1.165) is 0 Å². The minimum Gasteiger partial charge on any atom is -0.404 e. The minimum atomic E-state index is -4.34. The topological polar surface area (TPSA) is 27.7 Å². The van der Waals surface area contributed by atoms with E-state index in [1.54, 1.807) is 19.6 Å². The highest BCUT2D eigenvalue weighted by molar-refractivity contribution is 6.69. The maximum Gasteiger partial charge on any atom is 0.416 e. The molecular formula is C12H21F3O3Si. The molecule has 1 heterocycles. The fourth-order valence-corrected chi connectivity index (χ4v) is 4.34. The van der Waals surface area contributed by atoms with Gasteiger partial charge in [-0.1, -0.05) is 0 Å². The molecule has 2 aliphatic rings. The van der Waals surface area contributed by atoms with Gasteiger partial charge >= 0.3 is 6.18 Å². The van der Waals surface area contributed by atoms with Crippen LogP contribution in [0.2, 0.25) is 19.6 Å². The zero-order chi connectivity index (χ0) is 14.4. The summed E-state index contributed by atoms with van der Waals surface area (Å²) in [6, 6.07) is 0. The fourth-order valence-electron chi connectivity index (χ4n) is 2.85. The average Bonchev–Trinajstić information content (AvgIpc) is 2.67. The minimum absolute atomic E-state index is 0.0826. The molecule has 1 aliphatic carbocycles. The van der Waals surface area contributed by atoms with Crippen LogP contribution >= 0.6 is 0 Å². The maximum atomic E-state index is 13.4. The Bertz CT molecular complexity index is 322. The first-order valence-electron chi connectivity index (χ1n) is 6.63. The van der Waals surface area contributed by atoms with Crippen LogP contribution in [0.3, 0.4) is 0 Å². The van der Waals surface area contributed by atoms with Crippen molar-refractivity contribution in [3.63, 3.8) is 0 Å². The van der Waals surface area contributed by atoms with Gasteiger partial charge in [-0.15, -0.1) is 0 Å². The lowest BCUT2D eigenvalue weighted by Crippen LogP contribution is -2.57. The molecule has 0 unspecified atom stereocenters. The molecule has 1 spiro atoms. The van der Waals surface area contributed by atoms with Gasteiger partial charge in [-0.05, 0) is 32.5 Å². The maximum absolute atomic E-state index is 13.4. The highest BCUT2D eigenvalue weighted by atomic mass is 28.4. The van der Waals surface area contributed by atoms with Crippen molar-refractivity contribution in [1.29, 1.82) is 0 Å². The van der Waals surface area contributed by atoms with Crippen molar-refractivity contribution in [3.8, 4) is 0 Å². The fraction of sp³-hybridized carbons (Fsp3) is 1.00.